The van der Waals surface area contributed by atoms with Gasteiger partial charge in [0.1, 0.15) is 0 Å². The zero-order chi connectivity index (χ0) is 19.1. The van der Waals surface area contributed by atoms with E-state index in [-0.39, 0.29) is 29.8 Å². The van der Waals surface area contributed by atoms with Crippen LogP contribution in [0.3, 0.4) is 0 Å². The fourth-order valence-electron chi connectivity index (χ4n) is 4.44. The number of carbonyl (C=O) groups excluding carboxylic acids is 1. The van der Waals surface area contributed by atoms with Crippen LogP contribution in [0, 0.1) is 17.8 Å². The maximum Gasteiger partial charge on any atom is 0.159 e. The number of rotatable bonds is 2. The largest absolute Gasteiger partial charge is 0.364 e. The van der Waals surface area contributed by atoms with Gasteiger partial charge in [0.05, 0.1) is 18.1 Å². The van der Waals surface area contributed by atoms with Gasteiger partial charge in [0.15, 0.2) is 5.78 Å². The van der Waals surface area contributed by atoms with E-state index in [4.69, 9.17) is 4.74 Å². The van der Waals surface area contributed by atoms with Crippen molar-refractivity contribution < 1.29 is 9.53 Å². The van der Waals surface area contributed by atoms with E-state index >= 15 is 0 Å². The van der Waals surface area contributed by atoms with E-state index in [2.05, 4.69) is 48.2 Å². The first-order chi connectivity index (χ1) is 13.7. The van der Waals surface area contributed by atoms with Gasteiger partial charge in [-0.3, -0.25) is 4.79 Å². The molecule has 2 heterocycles. The Morgan fingerprint density at radius 3 is 2.14 bits per heavy atom. The summed E-state index contributed by atoms with van der Waals surface area (Å²) < 4.78 is 6.42. The first-order valence-corrected chi connectivity index (χ1v) is 9.64. The highest BCUT2D eigenvalue weighted by Gasteiger charge is 2.52. The molecule has 3 aromatic rings. The number of hydrogen-bond donors (Lipinski definition) is 0. The van der Waals surface area contributed by atoms with Crippen LogP contribution in [0.2, 0.25) is 0 Å². The van der Waals surface area contributed by atoms with Gasteiger partial charge in [-0.1, -0.05) is 78.6 Å². The summed E-state index contributed by atoms with van der Waals surface area (Å²) in [6.45, 7) is 1.60. The van der Waals surface area contributed by atoms with Crippen LogP contribution in [0.1, 0.15) is 57.7 Å². The summed E-state index contributed by atoms with van der Waals surface area (Å²) in [5.41, 5.74) is 5.46. The van der Waals surface area contributed by atoms with Crippen molar-refractivity contribution in [1.29, 1.82) is 0 Å². The molecule has 136 valence electrons. The Kier molecular flexibility index (Phi) is 4.11. The lowest BCUT2D eigenvalue weighted by Gasteiger charge is -2.27. The van der Waals surface area contributed by atoms with Crippen LogP contribution in [0.15, 0.2) is 78.9 Å². The van der Waals surface area contributed by atoms with E-state index in [1.54, 1.807) is 6.92 Å². The minimum absolute atomic E-state index is 0.00473. The van der Waals surface area contributed by atoms with E-state index in [0.717, 1.165) is 11.1 Å². The minimum Gasteiger partial charge on any atom is -0.364 e. The summed E-state index contributed by atoms with van der Waals surface area (Å²) in [5.74, 6) is 7.20. The molecule has 0 spiro atoms. The number of hydrogen-bond acceptors (Lipinski definition) is 2. The van der Waals surface area contributed by atoms with Gasteiger partial charge in [0.2, 0.25) is 0 Å². The molecule has 0 aliphatic carbocycles. The molecule has 2 aliphatic heterocycles. The molecule has 2 heteroatoms. The summed E-state index contributed by atoms with van der Waals surface area (Å²) >= 11 is 0. The molecule has 2 nitrogen and oxygen atoms in total. The van der Waals surface area contributed by atoms with Gasteiger partial charge in [0, 0.05) is 17.0 Å². The number of carbonyl (C=O) groups is 1. The Balaban J connectivity index is 1.57. The van der Waals surface area contributed by atoms with E-state index < -0.39 is 0 Å². The summed E-state index contributed by atoms with van der Waals surface area (Å²) in [6, 6.07) is 26.5. The Morgan fingerprint density at radius 2 is 1.46 bits per heavy atom. The monoisotopic (exact) mass is 364 g/mol. The number of benzene rings is 3. The molecular formula is C26H20O2. The van der Waals surface area contributed by atoms with Crippen molar-refractivity contribution in [3.63, 3.8) is 0 Å². The second-order valence-corrected chi connectivity index (χ2v) is 7.47. The van der Waals surface area contributed by atoms with Gasteiger partial charge in [-0.05, 0) is 35.7 Å². The predicted molar refractivity (Wildman–Crippen MR) is 109 cm³/mol. The first kappa shape index (κ1) is 17.0. The van der Waals surface area contributed by atoms with Gasteiger partial charge in [-0.25, -0.2) is 0 Å². The number of ether oxygens (including phenoxy) is 1. The van der Waals surface area contributed by atoms with Crippen molar-refractivity contribution in [3.05, 3.63) is 107 Å². The van der Waals surface area contributed by atoms with Gasteiger partial charge < -0.3 is 4.74 Å². The smallest absolute Gasteiger partial charge is 0.159 e. The number of fused-ring (bicyclic) bond motifs is 5. The molecule has 0 amide bonds. The minimum atomic E-state index is -0.00473. The molecular weight excluding hydrogens is 344 g/mol. The zero-order valence-corrected chi connectivity index (χ0v) is 15.6. The number of Topliss-reactive ketones (excluding diaryl/α,β-unsaturated/α-hetero) is 1. The molecule has 2 aliphatic rings. The third kappa shape index (κ3) is 2.76. The standard InChI is InChI=1S/C26H20O2/c1-17(27)19-12-14-20(15-13-19)24-23(16-11-18-7-3-2-4-8-18)25-21-9-5-6-10-22(21)26(24)28-25/h2-10,12-15,23-26H,1H3/t23-,24+,25+,26-/m1/s1. The maximum absolute atomic E-state index is 11.6. The molecule has 4 atom stereocenters. The fourth-order valence-corrected chi connectivity index (χ4v) is 4.44. The molecule has 0 unspecified atom stereocenters. The van der Waals surface area contributed by atoms with Crippen LogP contribution in [0.25, 0.3) is 0 Å². The van der Waals surface area contributed by atoms with Crippen molar-refractivity contribution in [2.75, 3.05) is 0 Å². The lowest BCUT2D eigenvalue weighted by molar-refractivity contribution is 0.0627. The highest BCUT2D eigenvalue weighted by atomic mass is 16.5. The lowest BCUT2D eigenvalue weighted by Crippen LogP contribution is -2.19. The molecule has 1 saturated heterocycles. The van der Waals surface area contributed by atoms with Crippen molar-refractivity contribution in [3.8, 4) is 11.8 Å². The molecule has 1 fully saturated rings. The zero-order valence-electron chi connectivity index (χ0n) is 15.6. The molecule has 28 heavy (non-hydrogen) atoms. The fraction of sp³-hybridized carbons (Fsp3) is 0.192. The van der Waals surface area contributed by atoms with E-state index in [0.29, 0.717) is 0 Å². The van der Waals surface area contributed by atoms with E-state index in [1.807, 2.05) is 42.5 Å². The average Bonchev–Trinajstić information content (AvgIpc) is 3.30. The van der Waals surface area contributed by atoms with Crippen LogP contribution < -0.4 is 0 Å². The Bertz CT molecular complexity index is 1090. The van der Waals surface area contributed by atoms with Crippen molar-refractivity contribution >= 4 is 5.78 Å². The molecule has 5 rings (SSSR count). The van der Waals surface area contributed by atoms with Crippen LogP contribution in [-0.2, 0) is 4.74 Å². The van der Waals surface area contributed by atoms with Crippen molar-refractivity contribution in [2.45, 2.75) is 25.0 Å². The normalized spacial score (nSPS) is 24.3. The van der Waals surface area contributed by atoms with Gasteiger partial charge in [-0.2, -0.15) is 0 Å². The quantitative estimate of drug-likeness (QED) is 0.445. The highest BCUT2D eigenvalue weighted by molar-refractivity contribution is 5.94. The second-order valence-electron chi connectivity index (χ2n) is 7.47. The first-order valence-electron chi connectivity index (χ1n) is 9.64. The predicted octanol–water partition coefficient (Wildman–Crippen LogP) is 5.47. The SMILES string of the molecule is CC(=O)c1ccc([C@H]2[C@@H](C#Cc3ccccc3)[C@H]3O[C@@H]2c2ccccc23)cc1. The second kappa shape index (κ2) is 6.78. The lowest BCUT2D eigenvalue weighted by atomic mass is 9.73. The molecule has 0 saturated carbocycles. The van der Waals surface area contributed by atoms with E-state index in [9.17, 15) is 4.79 Å². The molecule has 0 N–H and O–H groups in total. The van der Waals surface area contributed by atoms with Gasteiger partial charge in [0.25, 0.3) is 0 Å². The summed E-state index contributed by atoms with van der Waals surface area (Å²) in [5, 5.41) is 0. The van der Waals surface area contributed by atoms with Crippen LogP contribution in [0.4, 0.5) is 0 Å². The third-order valence-electron chi connectivity index (χ3n) is 5.80. The Morgan fingerprint density at radius 1 is 0.821 bits per heavy atom. The van der Waals surface area contributed by atoms with Gasteiger partial charge in [-0.15, -0.1) is 0 Å². The molecule has 2 bridgehead atoms. The topological polar surface area (TPSA) is 26.3 Å². The van der Waals surface area contributed by atoms with Gasteiger partial charge >= 0.3 is 0 Å². The third-order valence-corrected chi connectivity index (χ3v) is 5.80. The Labute approximate surface area is 165 Å². The van der Waals surface area contributed by atoms with E-state index in [1.165, 1.54) is 16.7 Å². The summed E-state index contributed by atoms with van der Waals surface area (Å²) in [6.07, 6.45) is 0.00865. The summed E-state index contributed by atoms with van der Waals surface area (Å²) in [4.78, 5) is 11.6. The number of ketones is 1. The molecule has 0 radical (unpaired) electrons. The van der Waals surface area contributed by atoms with Crippen LogP contribution in [-0.4, -0.2) is 5.78 Å². The van der Waals surface area contributed by atoms with Crippen molar-refractivity contribution in [1.82, 2.24) is 0 Å². The van der Waals surface area contributed by atoms with Crippen molar-refractivity contribution in [2.24, 2.45) is 5.92 Å². The van der Waals surface area contributed by atoms with Crippen LogP contribution in [0.5, 0.6) is 0 Å². The average molecular weight is 364 g/mol. The Hall–Kier alpha value is -3.15. The highest BCUT2D eigenvalue weighted by Crippen LogP contribution is 2.60. The molecule has 3 aromatic carbocycles. The van der Waals surface area contributed by atoms with Crippen LogP contribution >= 0.6 is 0 Å². The summed E-state index contributed by atoms with van der Waals surface area (Å²) in [7, 11) is 0. The maximum atomic E-state index is 11.6. The molecule has 0 aromatic heterocycles.